The molecule has 1 unspecified atom stereocenters. The zero-order chi connectivity index (χ0) is 14.6. The van der Waals surface area contributed by atoms with Crippen LogP contribution in [0.25, 0.3) is 0 Å². The van der Waals surface area contributed by atoms with Crippen LogP contribution >= 0.6 is 0 Å². The van der Waals surface area contributed by atoms with Gasteiger partial charge in [0.15, 0.2) is 0 Å². The lowest BCUT2D eigenvalue weighted by Crippen LogP contribution is -2.38. The van der Waals surface area contributed by atoms with Gasteiger partial charge in [-0.25, -0.2) is 17.5 Å². The summed E-state index contributed by atoms with van der Waals surface area (Å²) in [5, 5.41) is 8.69. The molecule has 1 aromatic carbocycles. The molecular formula is C12H16FN3O2S. The van der Waals surface area contributed by atoms with Gasteiger partial charge in [0.2, 0.25) is 10.0 Å². The highest BCUT2D eigenvalue weighted by atomic mass is 32.2. The van der Waals surface area contributed by atoms with Crippen LogP contribution in [0.4, 0.5) is 4.39 Å². The molecule has 0 aliphatic heterocycles. The van der Waals surface area contributed by atoms with Gasteiger partial charge in [-0.1, -0.05) is 0 Å². The Morgan fingerprint density at radius 2 is 2.11 bits per heavy atom. The van der Waals surface area contributed by atoms with Gasteiger partial charge in [-0.3, -0.25) is 0 Å². The summed E-state index contributed by atoms with van der Waals surface area (Å²) in [7, 11) is -0.0568. The molecule has 5 nitrogen and oxygen atoms in total. The summed E-state index contributed by atoms with van der Waals surface area (Å²) in [6, 6.07) is 4.77. The van der Waals surface area contributed by atoms with E-state index in [1.54, 1.807) is 6.07 Å². The van der Waals surface area contributed by atoms with Crippen LogP contribution in [0.2, 0.25) is 0 Å². The molecule has 0 aliphatic rings. The first-order valence-electron chi connectivity index (χ1n) is 5.63. The molecule has 1 N–H and O–H groups in total. The molecule has 0 saturated carbocycles. The highest BCUT2D eigenvalue weighted by Gasteiger charge is 2.17. The molecule has 0 radical (unpaired) electrons. The number of sulfonamides is 1. The number of halogens is 1. The Morgan fingerprint density at radius 3 is 2.63 bits per heavy atom. The topological polar surface area (TPSA) is 73.2 Å². The predicted molar refractivity (Wildman–Crippen MR) is 69.5 cm³/mol. The first kappa shape index (κ1) is 15.6. The Balaban J connectivity index is 2.93. The average Bonchev–Trinajstić information content (AvgIpc) is 2.36. The van der Waals surface area contributed by atoms with Gasteiger partial charge in [-0.2, -0.15) is 5.26 Å². The molecular weight excluding hydrogens is 269 g/mol. The Hall–Kier alpha value is -1.49. The summed E-state index contributed by atoms with van der Waals surface area (Å²) >= 11 is 0. The summed E-state index contributed by atoms with van der Waals surface area (Å²) in [5.41, 5.74) is -0.288. The summed E-state index contributed by atoms with van der Waals surface area (Å²) in [5.74, 6) is -0.733. The van der Waals surface area contributed by atoms with Gasteiger partial charge in [0.25, 0.3) is 0 Å². The van der Waals surface area contributed by atoms with E-state index in [1.807, 2.05) is 25.9 Å². The fraction of sp³-hybridized carbons (Fsp3) is 0.417. The minimum absolute atomic E-state index is 0.0191. The number of hydrogen-bond acceptors (Lipinski definition) is 4. The number of nitrogens with zero attached hydrogens (tertiary/aromatic N) is 2. The Labute approximate surface area is 112 Å². The molecule has 104 valence electrons. The van der Waals surface area contributed by atoms with Crippen LogP contribution in [0.15, 0.2) is 23.1 Å². The molecule has 0 aromatic heterocycles. The molecule has 0 saturated heterocycles. The van der Waals surface area contributed by atoms with Crippen LogP contribution in [-0.4, -0.2) is 40.0 Å². The first-order valence-corrected chi connectivity index (χ1v) is 7.12. The molecule has 0 aliphatic carbocycles. The second-order valence-electron chi connectivity index (χ2n) is 4.42. The van der Waals surface area contributed by atoms with Crippen LogP contribution in [0.1, 0.15) is 12.5 Å². The van der Waals surface area contributed by atoms with Crippen molar-refractivity contribution in [1.82, 2.24) is 9.62 Å². The average molecular weight is 285 g/mol. The third kappa shape index (κ3) is 3.99. The lowest BCUT2D eigenvalue weighted by Gasteiger charge is -2.20. The van der Waals surface area contributed by atoms with Crippen LogP contribution in [0.3, 0.4) is 0 Å². The molecule has 7 heteroatoms. The van der Waals surface area contributed by atoms with E-state index in [0.717, 1.165) is 18.2 Å². The van der Waals surface area contributed by atoms with Crippen molar-refractivity contribution in [2.45, 2.75) is 17.9 Å². The van der Waals surface area contributed by atoms with Crippen LogP contribution in [0, 0.1) is 17.1 Å². The molecule has 1 rings (SSSR count). The maximum Gasteiger partial charge on any atom is 0.240 e. The monoisotopic (exact) mass is 285 g/mol. The molecule has 0 spiro atoms. The van der Waals surface area contributed by atoms with E-state index >= 15 is 0 Å². The van der Waals surface area contributed by atoms with Crippen molar-refractivity contribution < 1.29 is 12.8 Å². The predicted octanol–water partition coefficient (Wildman–Crippen LogP) is 0.926. The van der Waals surface area contributed by atoms with Crippen molar-refractivity contribution >= 4 is 10.0 Å². The van der Waals surface area contributed by atoms with Crippen LogP contribution < -0.4 is 4.72 Å². The number of nitriles is 1. The zero-order valence-electron chi connectivity index (χ0n) is 11.0. The summed E-state index contributed by atoms with van der Waals surface area (Å²) in [6.07, 6.45) is 0. The molecule has 19 heavy (non-hydrogen) atoms. The van der Waals surface area contributed by atoms with Gasteiger partial charge in [0, 0.05) is 12.6 Å². The Bertz CT molecular complexity index is 593. The molecule has 1 aromatic rings. The van der Waals surface area contributed by atoms with E-state index in [4.69, 9.17) is 5.26 Å². The number of likely N-dealkylation sites (N-methyl/N-ethyl adjacent to an activating group) is 1. The second kappa shape index (κ2) is 6.10. The standard InChI is InChI=1S/C12H16FN3O2S/c1-9(16(2)3)8-15-19(17,18)11-4-5-12(13)10(6-11)7-14/h4-6,9,15H,8H2,1-3H3. The van der Waals surface area contributed by atoms with Crippen molar-refractivity contribution in [3.8, 4) is 6.07 Å². The van der Waals surface area contributed by atoms with Gasteiger partial charge in [-0.05, 0) is 39.2 Å². The van der Waals surface area contributed by atoms with Crippen molar-refractivity contribution in [2.24, 2.45) is 0 Å². The van der Waals surface area contributed by atoms with Crippen molar-refractivity contribution in [1.29, 1.82) is 5.26 Å². The third-order valence-corrected chi connectivity index (χ3v) is 4.24. The Kier molecular flexibility index (Phi) is 5.00. The smallest absolute Gasteiger partial charge is 0.240 e. The van der Waals surface area contributed by atoms with E-state index in [1.165, 1.54) is 0 Å². The van der Waals surface area contributed by atoms with Crippen LogP contribution in [0.5, 0.6) is 0 Å². The quantitative estimate of drug-likeness (QED) is 0.873. The molecule has 0 fully saturated rings. The minimum Gasteiger partial charge on any atom is -0.305 e. The van der Waals surface area contributed by atoms with E-state index in [0.29, 0.717) is 0 Å². The lowest BCUT2D eigenvalue weighted by molar-refractivity contribution is 0.314. The fourth-order valence-electron chi connectivity index (χ4n) is 1.25. The van der Waals surface area contributed by atoms with Crippen LogP contribution in [-0.2, 0) is 10.0 Å². The summed E-state index contributed by atoms with van der Waals surface area (Å²) in [6.45, 7) is 2.10. The number of benzene rings is 1. The molecule has 0 heterocycles. The van der Waals surface area contributed by atoms with Gasteiger partial charge >= 0.3 is 0 Å². The van der Waals surface area contributed by atoms with Crippen molar-refractivity contribution in [2.75, 3.05) is 20.6 Å². The van der Waals surface area contributed by atoms with Gasteiger partial charge in [-0.15, -0.1) is 0 Å². The van der Waals surface area contributed by atoms with Gasteiger partial charge in [0.1, 0.15) is 11.9 Å². The van der Waals surface area contributed by atoms with E-state index in [2.05, 4.69) is 4.72 Å². The number of hydrogen-bond donors (Lipinski definition) is 1. The normalized spacial score (nSPS) is 13.3. The van der Waals surface area contributed by atoms with Crippen molar-refractivity contribution in [3.63, 3.8) is 0 Å². The summed E-state index contributed by atoms with van der Waals surface area (Å²) in [4.78, 5) is 1.75. The summed E-state index contributed by atoms with van der Waals surface area (Å²) < 4.78 is 39.5. The highest BCUT2D eigenvalue weighted by Crippen LogP contribution is 2.14. The molecule has 1 atom stereocenters. The van der Waals surface area contributed by atoms with E-state index in [-0.39, 0.29) is 23.0 Å². The van der Waals surface area contributed by atoms with Gasteiger partial charge in [0.05, 0.1) is 10.5 Å². The first-order chi connectivity index (χ1) is 8.77. The minimum atomic E-state index is -3.73. The number of rotatable bonds is 5. The van der Waals surface area contributed by atoms with Gasteiger partial charge < -0.3 is 4.90 Å². The van der Waals surface area contributed by atoms with E-state index in [9.17, 15) is 12.8 Å². The maximum atomic E-state index is 13.1. The second-order valence-corrected chi connectivity index (χ2v) is 6.18. The fourth-order valence-corrected chi connectivity index (χ4v) is 2.40. The third-order valence-electron chi connectivity index (χ3n) is 2.82. The van der Waals surface area contributed by atoms with E-state index < -0.39 is 15.8 Å². The maximum absolute atomic E-state index is 13.1. The Morgan fingerprint density at radius 1 is 1.47 bits per heavy atom. The van der Waals surface area contributed by atoms with Crippen molar-refractivity contribution in [3.05, 3.63) is 29.6 Å². The highest BCUT2D eigenvalue weighted by molar-refractivity contribution is 7.89. The largest absolute Gasteiger partial charge is 0.305 e. The number of nitrogens with one attached hydrogen (secondary N) is 1. The molecule has 0 bridgehead atoms. The molecule has 0 amide bonds. The SMILES string of the molecule is CC(CNS(=O)(=O)c1ccc(F)c(C#N)c1)N(C)C. The lowest BCUT2D eigenvalue weighted by atomic mass is 10.2. The zero-order valence-corrected chi connectivity index (χ0v) is 11.8.